The van der Waals surface area contributed by atoms with Gasteiger partial charge in [-0.1, -0.05) is 60.7 Å². The maximum absolute atomic E-state index is 2.59. The average Bonchev–Trinajstić information content (AvgIpc) is 3.66. The van der Waals surface area contributed by atoms with Crippen molar-refractivity contribution in [3.63, 3.8) is 0 Å². The molecular formula is C27H23NS. The molecule has 1 heterocycles. The third kappa shape index (κ3) is 2.21. The Hall–Kier alpha value is -2.58. The first-order valence-electron chi connectivity index (χ1n) is 10.7. The number of para-hydroxylation sites is 1. The Morgan fingerprint density at radius 2 is 1.83 bits per heavy atom. The van der Waals surface area contributed by atoms with Crippen molar-refractivity contribution in [1.29, 1.82) is 0 Å². The van der Waals surface area contributed by atoms with Crippen LogP contribution in [0, 0.1) is 17.8 Å². The molecule has 2 heteroatoms. The van der Waals surface area contributed by atoms with Crippen LogP contribution in [-0.2, 0) is 0 Å². The third-order valence-corrected chi connectivity index (χ3v) is 8.73. The monoisotopic (exact) mass is 393 g/mol. The summed E-state index contributed by atoms with van der Waals surface area (Å²) in [5.41, 5.74) is 4.62. The van der Waals surface area contributed by atoms with Crippen molar-refractivity contribution in [3.05, 3.63) is 88.1 Å². The lowest BCUT2D eigenvalue weighted by atomic mass is 9.91. The summed E-state index contributed by atoms with van der Waals surface area (Å²) in [6.45, 7) is 0. The second-order valence-electron chi connectivity index (χ2n) is 9.08. The summed E-state index contributed by atoms with van der Waals surface area (Å²) in [5.74, 6) is 2.12. The second-order valence-corrected chi connectivity index (χ2v) is 10.1. The molecule has 4 unspecified atom stereocenters. The van der Waals surface area contributed by atoms with E-state index in [1.807, 2.05) is 11.3 Å². The van der Waals surface area contributed by atoms with Gasteiger partial charge in [0.2, 0.25) is 0 Å². The molecule has 4 atom stereocenters. The van der Waals surface area contributed by atoms with Crippen molar-refractivity contribution in [3.8, 4) is 0 Å². The molecule has 0 amide bonds. The molecule has 3 aromatic rings. The maximum Gasteiger partial charge on any atom is 0.0655 e. The lowest BCUT2D eigenvalue weighted by molar-refractivity contribution is 0.717. The van der Waals surface area contributed by atoms with Gasteiger partial charge in [0.05, 0.1) is 5.54 Å². The second kappa shape index (κ2) is 5.52. The van der Waals surface area contributed by atoms with E-state index in [1.165, 1.54) is 43.9 Å². The molecule has 2 aromatic carbocycles. The molecule has 142 valence electrons. The fraction of sp³-hybridized carbons (Fsp3) is 0.259. The van der Waals surface area contributed by atoms with Gasteiger partial charge in [-0.3, -0.25) is 0 Å². The number of fused-ring (bicyclic) bond motifs is 5. The van der Waals surface area contributed by atoms with Gasteiger partial charge in [0, 0.05) is 33.3 Å². The Bertz CT molecular complexity index is 1340. The molecule has 0 spiro atoms. The number of likely N-dealkylation sites (N-methyl/N-ethyl adjacent to an activating group) is 1. The van der Waals surface area contributed by atoms with Crippen LogP contribution in [-0.4, -0.2) is 12.6 Å². The van der Waals surface area contributed by atoms with Crippen molar-refractivity contribution >= 4 is 38.8 Å². The minimum absolute atomic E-state index is 0.179. The van der Waals surface area contributed by atoms with Crippen LogP contribution in [0.25, 0.3) is 21.7 Å². The van der Waals surface area contributed by atoms with Crippen LogP contribution in [0.5, 0.6) is 0 Å². The topological polar surface area (TPSA) is 3.24 Å². The van der Waals surface area contributed by atoms with Gasteiger partial charge in [0.25, 0.3) is 0 Å². The standard InChI is InChI=1S/C27H23NS/c1-28(20-7-3-2-4-8-20)27-12-11-17(13-19(27)16-27)25-22-14-18(22)15-23-21-9-5-6-10-24(21)29-26(23)25/h2-13,15,18-19,22H,14,16H2,1H3. The lowest BCUT2D eigenvalue weighted by Crippen LogP contribution is -2.35. The van der Waals surface area contributed by atoms with Crippen molar-refractivity contribution in [1.82, 2.24) is 0 Å². The Morgan fingerprint density at radius 3 is 2.69 bits per heavy atom. The summed E-state index contributed by atoms with van der Waals surface area (Å²) >= 11 is 2.00. The first kappa shape index (κ1) is 16.2. The highest BCUT2D eigenvalue weighted by atomic mass is 32.1. The van der Waals surface area contributed by atoms with Gasteiger partial charge in [-0.05, 0) is 59.2 Å². The highest BCUT2D eigenvalue weighted by molar-refractivity contribution is 7.17. The summed E-state index contributed by atoms with van der Waals surface area (Å²) in [7, 11) is 2.25. The molecule has 7 rings (SSSR count). The number of allylic oxidation sites excluding steroid dienone is 2. The van der Waals surface area contributed by atoms with Crippen molar-refractivity contribution in [2.45, 2.75) is 18.4 Å². The first-order chi connectivity index (χ1) is 14.2. The molecule has 2 saturated carbocycles. The predicted octanol–water partition coefficient (Wildman–Crippen LogP) is 4.87. The van der Waals surface area contributed by atoms with Crippen LogP contribution in [0.1, 0.15) is 12.8 Å². The fourth-order valence-electron chi connectivity index (χ4n) is 5.65. The smallest absolute Gasteiger partial charge is 0.0655 e. The van der Waals surface area contributed by atoms with Gasteiger partial charge in [0.1, 0.15) is 0 Å². The van der Waals surface area contributed by atoms with E-state index in [9.17, 15) is 0 Å². The van der Waals surface area contributed by atoms with Gasteiger partial charge >= 0.3 is 0 Å². The summed E-state index contributed by atoms with van der Waals surface area (Å²) in [6.07, 6.45) is 12.6. The Morgan fingerprint density at radius 1 is 1.00 bits per heavy atom. The predicted molar refractivity (Wildman–Crippen MR) is 123 cm³/mol. The minimum atomic E-state index is 0.179. The fourth-order valence-corrected chi connectivity index (χ4v) is 6.97. The SMILES string of the molecule is CN(c1ccccc1)C12C=CC(C3=c4sc5ccccc5c4=CC4CC34)=CC1C2. The number of benzene rings is 2. The summed E-state index contributed by atoms with van der Waals surface area (Å²) in [6, 6.07) is 19.7. The van der Waals surface area contributed by atoms with Gasteiger partial charge in [0.15, 0.2) is 0 Å². The number of rotatable bonds is 3. The van der Waals surface area contributed by atoms with E-state index in [0.717, 1.165) is 11.8 Å². The molecule has 1 nitrogen and oxygen atoms in total. The third-order valence-electron chi connectivity index (χ3n) is 7.51. The molecule has 29 heavy (non-hydrogen) atoms. The molecular weight excluding hydrogens is 370 g/mol. The molecule has 4 aliphatic carbocycles. The summed E-state index contributed by atoms with van der Waals surface area (Å²) in [4.78, 5) is 2.48. The van der Waals surface area contributed by atoms with E-state index < -0.39 is 0 Å². The number of thiophene rings is 1. The van der Waals surface area contributed by atoms with Gasteiger partial charge < -0.3 is 4.90 Å². The van der Waals surface area contributed by atoms with Crippen LogP contribution < -0.4 is 14.7 Å². The number of nitrogens with zero attached hydrogens (tertiary/aromatic N) is 1. The maximum atomic E-state index is 2.59. The van der Waals surface area contributed by atoms with E-state index in [2.05, 4.69) is 90.8 Å². The van der Waals surface area contributed by atoms with Crippen LogP contribution in [0.4, 0.5) is 5.69 Å². The highest BCUT2D eigenvalue weighted by Crippen LogP contribution is 2.57. The minimum Gasteiger partial charge on any atom is -0.365 e. The molecule has 0 bridgehead atoms. The normalized spacial score (nSPS) is 30.7. The number of hydrogen-bond acceptors (Lipinski definition) is 2. The quantitative estimate of drug-likeness (QED) is 0.613. The van der Waals surface area contributed by atoms with Crippen LogP contribution in [0.15, 0.2) is 78.4 Å². The molecule has 1 aromatic heterocycles. The van der Waals surface area contributed by atoms with Gasteiger partial charge in [-0.2, -0.15) is 0 Å². The Labute approximate surface area is 175 Å². The van der Waals surface area contributed by atoms with E-state index in [0.29, 0.717) is 5.92 Å². The summed E-state index contributed by atoms with van der Waals surface area (Å²) in [5, 5.41) is 2.95. The van der Waals surface area contributed by atoms with E-state index in [1.54, 1.807) is 5.57 Å². The summed E-state index contributed by atoms with van der Waals surface area (Å²) < 4.78 is 2.96. The van der Waals surface area contributed by atoms with Gasteiger partial charge in [-0.15, -0.1) is 11.3 Å². The molecule has 4 aliphatic rings. The van der Waals surface area contributed by atoms with E-state index in [4.69, 9.17) is 0 Å². The number of hydrogen-bond donors (Lipinski definition) is 0. The van der Waals surface area contributed by atoms with Crippen molar-refractivity contribution in [2.24, 2.45) is 17.8 Å². The zero-order chi connectivity index (χ0) is 19.2. The Balaban J connectivity index is 1.33. The molecule has 0 aliphatic heterocycles. The van der Waals surface area contributed by atoms with Crippen LogP contribution in [0.2, 0.25) is 0 Å². The molecule has 2 fully saturated rings. The highest BCUT2D eigenvalue weighted by Gasteiger charge is 2.56. The van der Waals surface area contributed by atoms with Crippen LogP contribution in [0.3, 0.4) is 0 Å². The lowest BCUT2D eigenvalue weighted by Gasteiger charge is -2.31. The van der Waals surface area contributed by atoms with Crippen molar-refractivity contribution < 1.29 is 0 Å². The number of anilines is 1. The van der Waals surface area contributed by atoms with E-state index in [-0.39, 0.29) is 5.54 Å². The largest absolute Gasteiger partial charge is 0.365 e. The van der Waals surface area contributed by atoms with Crippen molar-refractivity contribution in [2.75, 3.05) is 11.9 Å². The first-order valence-corrected chi connectivity index (χ1v) is 11.5. The van der Waals surface area contributed by atoms with Gasteiger partial charge in [-0.25, -0.2) is 0 Å². The molecule has 0 radical (unpaired) electrons. The zero-order valence-corrected chi connectivity index (χ0v) is 17.3. The zero-order valence-electron chi connectivity index (χ0n) is 16.5. The van der Waals surface area contributed by atoms with Crippen LogP contribution >= 0.6 is 11.3 Å². The molecule has 0 N–H and O–H groups in total. The Kier molecular flexibility index (Phi) is 3.09. The molecule has 0 saturated heterocycles. The van der Waals surface area contributed by atoms with E-state index >= 15 is 0 Å². The average molecular weight is 394 g/mol.